The van der Waals surface area contributed by atoms with Gasteiger partial charge in [0, 0.05) is 31.7 Å². The molecular weight excluding hydrogens is 216 g/mol. The van der Waals surface area contributed by atoms with Gasteiger partial charge in [-0.3, -0.25) is 4.79 Å². The zero-order chi connectivity index (χ0) is 12.7. The number of aromatic nitrogens is 2. The highest BCUT2D eigenvalue weighted by atomic mass is 16.1. The molecule has 0 unspecified atom stereocenters. The van der Waals surface area contributed by atoms with E-state index in [1.807, 2.05) is 26.8 Å². The van der Waals surface area contributed by atoms with E-state index in [1.165, 1.54) is 0 Å². The van der Waals surface area contributed by atoms with E-state index in [1.54, 1.807) is 6.20 Å². The van der Waals surface area contributed by atoms with E-state index in [9.17, 15) is 4.79 Å². The molecule has 1 rings (SSSR count). The van der Waals surface area contributed by atoms with Gasteiger partial charge in [-0.25, -0.2) is 9.97 Å². The summed E-state index contributed by atoms with van der Waals surface area (Å²) in [7, 11) is 0. The van der Waals surface area contributed by atoms with Gasteiger partial charge in [0.25, 0.3) is 0 Å². The second-order valence-corrected chi connectivity index (χ2v) is 4.22. The molecule has 0 radical (unpaired) electrons. The number of carbonyl (C=O) groups excluding carboxylic acids is 1. The van der Waals surface area contributed by atoms with Crippen molar-refractivity contribution in [3.8, 4) is 0 Å². The molecular formula is C12H20N4O. The fraction of sp³-hybridized carbons (Fsp3) is 0.583. The lowest BCUT2D eigenvalue weighted by Gasteiger charge is -2.08. The first kappa shape index (κ1) is 13.6. The van der Waals surface area contributed by atoms with Crippen LogP contribution in [0.15, 0.2) is 12.3 Å². The van der Waals surface area contributed by atoms with Crippen molar-refractivity contribution in [3.05, 3.63) is 23.8 Å². The molecule has 0 saturated carbocycles. The molecule has 1 amide bonds. The zero-order valence-electron chi connectivity index (χ0n) is 10.7. The van der Waals surface area contributed by atoms with Gasteiger partial charge in [-0.1, -0.05) is 13.8 Å². The molecule has 0 aliphatic rings. The van der Waals surface area contributed by atoms with Gasteiger partial charge < -0.3 is 10.6 Å². The van der Waals surface area contributed by atoms with Crippen molar-refractivity contribution in [1.29, 1.82) is 0 Å². The van der Waals surface area contributed by atoms with Crippen molar-refractivity contribution in [2.45, 2.75) is 27.3 Å². The molecule has 5 nitrogen and oxygen atoms in total. The zero-order valence-corrected chi connectivity index (χ0v) is 10.7. The minimum Gasteiger partial charge on any atom is -0.355 e. The Morgan fingerprint density at radius 3 is 2.82 bits per heavy atom. The first-order valence-corrected chi connectivity index (χ1v) is 5.86. The molecule has 1 heterocycles. The lowest BCUT2D eigenvalue weighted by Crippen LogP contribution is -2.34. The molecule has 0 aromatic carbocycles. The second-order valence-electron chi connectivity index (χ2n) is 4.22. The molecule has 1 aromatic heterocycles. The largest absolute Gasteiger partial charge is 0.355 e. The Morgan fingerprint density at radius 2 is 2.18 bits per heavy atom. The van der Waals surface area contributed by atoms with Crippen LogP contribution in [0.3, 0.4) is 0 Å². The molecule has 0 spiro atoms. The summed E-state index contributed by atoms with van der Waals surface area (Å²) in [6.45, 7) is 7.70. The first-order valence-electron chi connectivity index (χ1n) is 5.86. The lowest BCUT2D eigenvalue weighted by molar-refractivity contribution is -0.123. The van der Waals surface area contributed by atoms with Gasteiger partial charge in [0.1, 0.15) is 5.82 Å². The van der Waals surface area contributed by atoms with Gasteiger partial charge in [-0.2, -0.15) is 0 Å². The Bertz CT molecular complexity index is 365. The fourth-order valence-corrected chi connectivity index (χ4v) is 1.30. The van der Waals surface area contributed by atoms with Crippen LogP contribution in [0.1, 0.15) is 25.4 Å². The maximum atomic E-state index is 11.3. The van der Waals surface area contributed by atoms with Crippen LogP contribution in [0.25, 0.3) is 0 Å². The second kappa shape index (κ2) is 6.96. The standard InChI is InChI=1S/C12H20N4O/c1-9(2)12(17)15-7-6-13-8-11-4-5-14-10(3)16-11/h4-5,9,13H,6-8H2,1-3H3,(H,15,17). The predicted octanol–water partition coefficient (Wildman–Crippen LogP) is 0.647. The van der Waals surface area contributed by atoms with Crippen LogP contribution in [0, 0.1) is 12.8 Å². The van der Waals surface area contributed by atoms with Crippen molar-refractivity contribution in [2.24, 2.45) is 5.92 Å². The highest BCUT2D eigenvalue weighted by molar-refractivity contribution is 5.77. The Morgan fingerprint density at radius 1 is 1.41 bits per heavy atom. The monoisotopic (exact) mass is 236 g/mol. The predicted molar refractivity (Wildman–Crippen MR) is 66.3 cm³/mol. The molecule has 0 aliphatic heterocycles. The molecule has 0 fully saturated rings. The summed E-state index contributed by atoms with van der Waals surface area (Å²) in [6.07, 6.45) is 1.75. The molecule has 94 valence electrons. The summed E-state index contributed by atoms with van der Waals surface area (Å²) in [5, 5.41) is 6.06. The maximum absolute atomic E-state index is 11.3. The Hall–Kier alpha value is -1.49. The molecule has 0 aliphatic carbocycles. The summed E-state index contributed by atoms with van der Waals surface area (Å²) in [5.41, 5.74) is 0.965. The third-order valence-corrected chi connectivity index (χ3v) is 2.27. The Balaban J connectivity index is 2.14. The number of hydrogen-bond acceptors (Lipinski definition) is 4. The van der Waals surface area contributed by atoms with Crippen LogP contribution in [0.5, 0.6) is 0 Å². The van der Waals surface area contributed by atoms with E-state index in [0.717, 1.165) is 18.1 Å². The van der Waals surface area contributed by atoms with Crippen LogP contribution in [0.4, 0.5) is 0 Å². The van der Waals surface area contributed by atoms with Gasteiger partial charge in [-0.15, -0.1) is 0 Å². The van der Waals surface area contributed by atoms with Gasteiger partial charge in [-0.05, 0) is 13.0 Å². The van der Waals surface area contributed by atoms with Gasteiger partial charge >= 0.3 is 0 Å². The topological polar surface area (TPSA) is 66.9 Å². The summed E-state index contributed by atoms with van der Waals surface area (Å²) >= 11 is 0. The minimum absolute atomic E-state index is 0.0412. The fourth-order valence-electron chi connectivity index (χ4n) is 1.30. The van der Waals surface area contributed by atoms with E-state index >= 15 is 0 Å². The number of nitrogens with zero attached hydrogens (tertiary/aromatic N) is 2. The average Bonchev–Trinajstić information content (AvgIpc) is 2.28. The molecule has 17 heavy (non-hydrogen) atoms. The van der Waals surface area contributed by atoms with Crippen LogP contribution < -0.4 is 10.6 Å². The summed E-state index contributed by atoms with van der Waals surface area (Å²) in [6, 6.07) is 1.88. The quantitative estimate of drug-likeness (QED) is 0.712. The van der Waals surface area contributed by atoms with Crippen molar-refractivity contribution in [3.63, 3.8) is 0 Å². The van der Waals surface area contributed by atoms with Crippen molar-refractivity contribution in [2.75, 3.05) is 13.1 Å². The van der Waals surface area contributed by atoms with E-state index in [2.05, 4.69) is 20.6 Å². The Kier molecular flexibility index (Phi) is 5.56. The van der Waals surface area contributed by atoms with Crippen molar-refractivity contribution in [1.82, 2.24) is 20.6 Å². The number of rotatable bonds is 6. The summed E-state index contributed by atoms with van der Waals surface area (Å²) in [5.74, 6) is 0.904. The van der Waals surface area contributed by atoms with Gasteiger partial charge in [0.05, 0.1) is 5.69 Å². The number of nitrogens with one attached hydrogen (secondary N) is 2. The van der Waals surface area contributed by atoms with E-state index < -0.39 is 0 Å². The highest BCUT2D eigenvalue weighted by Gasteiger charge is 2.04. The molecule has 1 aromatic rings. The SMILES string of the molecule is Cc1nccc(CNCCNC(=O)C(C)C)n1. The number of hydrogen-bond donors (Lipinski definition) is 2. The van der Waals surface area contributed by atoms with Crippen molar-refractivity contribution < 1.29 is 4.79 Å². The third kappa shape index (κ3) is 5.40. The average molecular weight is 236 g/mol. The van der Waals surface area contributed by atoms with Crippen LogP contribution >= 0.6 is 0 Å². The van der Waals surface area contributed by atoms with Crippen molar-refractivity contribution >= 4 is 5.91 Å². The molecule has 0 bridgehead atoms. The molecule has 5 heteroatoms. The van der Waals surface area contributed by atoms with E-state index in [0.29, 0.717) is 13.1 Å². The smallest absolute Gasteiger partial charge is 0.222 e. The normalized spacial score (nSPS) is 10.6. The molecule has 0 saturated heterocycles. The highest BCUT2D eigenvalue weighted by Crippen LogP contribution is 1.93. The van der Waals surface area contributed by atoms with E-state index in [-0.39, 0.29) is 11.8 Å². The third-order valence-electron chi connectivity index (χ3n) is 2.27. The molecule has 0 atom stereocenters. The minimum atomic E-state index is 0.0412. The first-order chi connectivity index (χ1) is 8.09. The number of carbonyl (C=O) groups is 1. The van der Waals surface area contributed by atoms with Crippen LogP contribution in [-0.2, 0) is 11.3 Å². The summed E-state index contributed by atoms with van der Waals surface area (Å²) < 4.78 is 0. The number of aryl methyl sites for hydroxylation is 1. The Labute approximate surface area is 102 Å². The lowest BCUT2D eigenvalue weighted by atomic mass is 10.2. The number of amides is 1. The summed E-state index contributed by atoms with van der Waals surface area (Å²) in [4.78, 5) is 19.6. The van der Waals surface area contributed by atoms with Crippen LogP contribution in [-0.4, -0.2) is 29.0 Å². The maximum Gasteiger partial charge on any atom is 0.222 e. The van der Waals surface area contributed by atoms with E-state index in [4.69, 9.17) is 0 Å². The molecule has 2 N–H and O–H groups in total. The van der Waals surface area contributed by atoms with Gasteiger partial charge in [0.2, 0.25) is 5.91 Å². The van der Waals surface area contributed by atoms with Crippen LogP contribution in [0.2, 0.25) is 0 Å². The van der Waals surface area contributed by atoms with Gasteiger partial charge in [0.15, 0.2) is 0 Å².